The van der Waals surface area contributed by atoms with Gasteiger partial charge in [-0.2, -0.15) is 0 Å². The Bertz CT molecular complexity index is 405. The molecule has 1 fully saturated rings. The Labute approximate surface area is 114 Å². The second-order valence-corrected chi connectivity index (χ2v) is 5.24. The van der Waals surface area contributed by atoms with Crippen LogP contribution in [0.2, 0.25) is 0 Å². The molecule has 1 aromatic rings. The first-order valence-electron chi connectivity index (χ1n) is 6.96. The SMILES string of the molecule is COc1ccc(F)cc1N(C)CCC1CCCNC1. The Morgan fingerprint density at radius 1 is 1.47 bits per heavy atom. The van der Waals surface area contributed by atoms with Crippen LogP contribution in [-0.4, -0.2) is 33.8 Å². The predicted molar refractivity (Wildman–Crippen MR) is 76.4 cm³/mol. The van der Waals surface area contributed by atoms with Crippen molar-refractivity contribution >= 4 is 5.69 Å². The molecule has 1 heterocycles. The molecule has 1 N–H and O–H groups in total. The highest BCUT2D eigenvalue weighted by atomic mass is 19.1. The van der Waals surface area contributed by atoms with Gasteiger partial charge in [0, 0.05) is 19.7 Å². The van der Waals surface area contributed by atoms with Crippen LogP contribution in [0.1, 0.15) is 19.3 Å². The van der Waals surface area contributed by atoms with Crippen LogP contribution in [-0.2, 0) is 0 Å². The molecule has 0 amide bonds. The van der Waals surface area contributed by atoms with E-state index < -0.39 is 0 Å². The van der Waals surface area contributed by atoms with E-state index in [4.69, 9.17) is 4.74 Å². The number of rotatable bonds is 5. The number of benzene rings is 1. The molecule has 1 aliphatic rings. The van der Waals surface area contributed by atoms with Gasteiger partial charge in [-0.25, -0.2) is 4.39 Å². The largest absolute Gasteiger partial charge is 0.495 e. The molecule has 19 heavy (non-hydrogen) atoms. The fraction of sp³-hybridized carbons (Fsp3) is 0.600. The number of anilines is 1. The van der Waals surface area contributed by atoms with Crippen LogP contribution in [0.5, 0.6) is 5.75 Å². The first-order valence-corrected chi connectivity index (χ1v) is 6.96. The number of methoxy groups -OCH3 is 1. The molecule has 3 nitrogen and oxygen atoms in total. The Hall–Kier alpha value is -1.29. The first-order chi connectivity index (χ1) is 9.20. The third kappa shape index (κ3) is 3.83. The number of nitrogens with one attached hydrogen (secondary N) is 1. The van der Waals surface area contributed by atoms with Crippen LogP contribution >= 0.6 is 0 Å². The highest BCUT2D eigenvalue weighted by Gasteiger charge is 2.15. The average molecular weight is 266 g/mol. The van der Waals surface area contributed by atoms with Crippen LogP contribution in [0, 0.1) is 11.7 Å². The third-order valence-corrected chi connectivity index (χ3v) is 3.82. The first kappa shape index (κ1) is 14.1. The van der Waals surface area contributed by atoms with Crippen molar-refractivity contribution in [2.45, 2.75) is 19.3 Å². The van der Waals surface area contributed by atoms with E-state index >= 15 is 0 Å². The molecular weight excluding hydrogens is 243 g/mol. The van der Waals surface area contributed by atoms with E-state index in [2.05, 4.69) is 10.2 Å². The summed E-state index contributed by atoms with van der Waals surface area (Å²) in [5.41, 5.74) is 0.825. The molecule has 106 valence electrons. The normalized spacial score (nSPS) is 19.2. The lowest BCUT2D eigenvalue weighted by Gasteiger charge is -2.27. The van der Waals surface area contributed by atoms with Gasteiger partial charge in [-0.1, -0.05) is 0 Å². The van der Waals surface area contributed by atoms with Gasteiger partial charge >= 0.3 is 0 Å². The Kier molecular flexibility index (Phi) is 5.02. The topological polar surface area (TPSA) is 24.5 Å². The standard InChI is InChI=1S/C15H23FN2O/c1-18(9-7-12-4-3-8-17-11-12)14-10-13(16)5-6-15(14)19-2/h5-6,10,12,17H,3-4,7-9,11H2,1-2H3. The molecule has 4 heteroatoms. The molecule has 1 unspecified atom stereocenters. The Morgan fingerprint density at radius 3 is 3.00 bits per heavy atom. The van der Waals surface area contributed by atoms with Crippen molar-refractivity contribution in [2.24, 2.45) is 5.92 Å². The summed E-state index contributed by atoms with van der Waals surface area (Å²) in [6.07, 6.45) is 3.68. The van der Waals surface area contributed by atoms with Crippen LogP contribution in [0.3, 0.4) is 0 Å². The van der Waals surface area contributed by atoms with E-state index in [1.54, 1.807) is 13.2 Å². The smallest absolute Gasteiger partial charge is 0.142 e. The Morgan fingerprint density at radius 2 is 2.32 bits per heavy atom. The van der Waals surface area contributed by atoms with Gasteiger partial charge in [0.1, 0.15) is 11.6 Å². The van der Waals surface area contributed by atoms with Crippen molar-refractivity contribution in [2.75, 3.05) is 38.7 Å². The van der Waals surface area contributed by atoms with E-state index in [9.17, 15) is 4.39 Å². The van der Waals surface area contributed by atoms with Crippen molar-refractivity contribution in [3.63, 3.8) is 0 Å². The van der Waals surface area contributed by atoms with Crippen LogP contribution in [0.15, 0.2) is 18.2 Å². The van der Waals surface area contributed by atoms with E-state index in [-0.39, 0.29) is 5.82 Å². The zero-order chi connectivity index (χ0) is 13.7. The van der Waals surface area contributed by atoms with Crippen LogP contribution in [0.25, 0.3) is 0 Å². The van der Waals surface area contributed by atoms with Gasteiger partial charge in [-0.3, -0.25) is 0 Å². The number of hydrogen-bond acceptors (Lipinski definition) is 3. The van der Waals surface area contributed by atoms with E-state index in [1.807, 2.05) is 7.05 Å². The zero-order valence-corrected chi connectivity index (χ0v) is 11.8. The summed E-state index contributed by atoms with van der Waals surface area (Å²) in [6, 6.07) is 4.66. The highest BCUT2D eigenvalue weighted by Crippen LogP contribution is 2.28. The summed E-state index contributed by atoms with van der Waals surface area (Å²) in [5.74, 6) is 1.24. The maximum atomic E-state index is 13.3. The number of hydrogen-bond donors (Lipinski definition) is 1. The maximum absolute atomic E-state index is 13.3. The molecule has 0 saturated carbocycles. The number of piperidine rings is 1. The summed E-state index contributed by atoms with van der Waals surface area (Å²) in [6.45, 7) is 3.17. The fourth-order valence-corrected chi connectivity index (χ4v) is 2.63. The quantitative estimate of drug-likeness (QED) is 0.886. The third-order valence-electron chi connectivity index (χ3n) is 3.82. The minimum atomic E-state index is -0.220. The van der Waals surface area contributed by atoms with Crippen LogP contribution in [0.4, 0.5) is 10.1 Å². The number of nitrogens with zero attached hydrogens (tertiary/aromatic N) is 1. The van der Waals surface area contributed by atoms with E-state index in [1.165, 1.54) is 25.0 Å². The van der Waals surface area contributed by atoms with Crippen molar-refractivity contribution in [3.8, 4) is 5.75 Å². The Balaban J connectivity index is 1.94. The monoisotopic (exact) mass is 266 g/mol. The van der Waals surface area contributed by atoms with Gasteiger partial charge in [0.15, 0.2) is 0 Å². The van der Waals surface area contributed by atoms with Crippen molar-refractivity contribution in [3.05, 3.63) is 24.0 Å². The van der Waals surface area contributed by atoms with Crippen molar-refractivity contribution < 1.29 is 9.13 Å². The summed E-state index contributed by atoms with van der Waals surface area (Å²) in [5, 5.41) is 3.43. The summed E-state index contributed by atoms with van der Waals surface area (Å²) >= 11 is 0. The number of halogens is 1. The molecule has 1 atom stereocenters. The van der Waals surface area contributed by atoms with Gasteiger partial charge in [0.2, 0.25) is 0 Å². The molecule has 0 spiro atoms. The molecule has 0 aliphatic carbocycles. The predicted octanol–water partition coefficient (Wildman–Crippen LogP) is 2.66. The second kappa shape index (κ2) is 6.75. The molecule has 1 aliphatic heterocycles. The molecular formula is C15H23FN2O. The minimum Gasteiger partial charge on any atom is -0.495 e. The van der Waals surface area contributed by atoms with Crippen LogP contribution < -0.4 is 15.0 Å². The lowest BCUT2D eigenvalue weighted by molar-refractivity contribution is 0.359. The second-order valence-electron chi connectivity index (χ2n) is 5.24. The molecule has 2 rings (SSSR count). The molecule has 0 aromatic heterocycles. The lowest BCUT2D eigenvalue weighted by atomic mass is 9.96. The van der Waals surface area contributed by atoms with E-state index in [0.29, 0.717) is 0 Å². The summed E-state index contributed by atoms with van der Waals surface area (Å²) in [4.78, 5) is 2.08. The van der Waals surface area contributed by atoms with Gasteiger partial charge in [-0.15, -0.1) is 0 Å². The number of ether oxygens (including phenoxy) is 1. The molecule has 0 radical (unpaired) electrons. The fourth-order valence-electron chi connectivity index (χ4n) is 2.63. The van der Waals surface area contributed by atoms with E-state index in [0.717, 1.165) is 43.4 Å². The molecule has 0 bridgehead atoms. The van der Waals surface area contributed by atoms with Gasteiger partial charge in [-0.05, 0) is 50.4 Å². The molecule has 1 saturated heterocycles. The maximum Gasteiger partial charge on any atom is 0.142 e. The average Bonchev–Trinajstić information content (AvgIpc) is 2.46. The van der Waals surface area contributed by atoms with Gasteiger partial charge in [0.05, 0.1) is 12.8 Å². The molecule has 1 aromatic carbocycles. The van der Waals surface area contributed by atoms with Gasteiger partial charge < -0.3 is 15.0 Å². The van der Waals surface area contributed by atoms with Gasteiger partial charge in [0.25, 0.3) is 0 Å². The highest BCUT2D eigenvalue weighted by molar-refractivity contribution is 5.58. The minimum absolute atomic E-state index is 0.220. The summed E-state index contributed by atoms with van der Waals surface area (Å²) in [7, 11) is 3.61. The van der Waals surface area contributed by atoms with Crippen molar-refractivity contribution in [1.29, 1.82) is 0 Å². The zero-order valence-electron chi connectivity index (χ0n) is 11.8. The lowest BCUT2D eigenvalue weighted by Crippen LogP contribution is -2.32. The summed E-state index contributed by atoms with van der Waals surface area (Å²) < 4.78 is 18.6. The van der Waals surface area contributed by atoms with Crippen molar-refractivity contribution in [1.82, 2.24) is 5.32 Å².